The highest BCUT2D eigenvalue weighted by Gasteiger charge is 2.14. The second-order valence-electron chi connectivity index (χ2n) is 7.20. The van der Waals surface area contributed by atoms with Crippen molar-refractivity contribution in [1.82, 2.24) is 9.97 Å². The number of benzene rings is 3. The smallest absolute Gasteiger partial charge is 0.165 e. The Hall–Kier alpha value is -3.15. The van der Waals surface area contributed by atoms with Crippen molar-refractivity contribution in [3.05, 3.63) is 71.8 Å². The molecule has 30 heavy (non-hydrogen) atoms. The van der Waals surface area contributed by atoms with Crippen LogP contribution in [0.1, 0.15) is 13.3 Å². The van der Waals surface area contributed by atoms with Crippen LogP contribution < -0.4 is 11.1 Å². The van der Waals surface area contributed by atoms with E-state index in [4.69, 9.17) is 27.3 Å². The lowest BCUT2D eigenvalue weighted by molar-refractivity contribution is 0.477. The summed E-state index contributed by atoms with van der Waals surface area (Å²) < 4.78 is 0. The van der Waals surface area contributed by atoms with Crippen LogP contribution in [0.5, 0.6) is 5.75 Å². The number of nitrogens with zero attached hydrogens (tertiary/aromatic N) is 2. The summed E-state index contributed by atoms with van der Waals surface area (Å²) in [6.07, 6.45) is 0.868. The van der Waals surface area contributed by atoms with Gasteiger partial charge in [0.1, 0.15) is 11.6 Å². The van der Waals surface area contributed by atoms with Crippen LogP contribution in [-0.4, -0.2) is 27.7 Å². The number of fused-ring (bicyclic) bond motifs is 1. The molecule has 0 spiro atoms. The predicted molar refractivity (Wildman–Crippen MR) is 124 cm³/mol. The maximum absolute atomic E-state index is 10.6. The molecule has 6 heteroatoms. The first kappa shape index (κ1) is 20.1. The summed E-state index contributed by atoms with van der Waals surface area (Å²) in [4.78, 5) is 9.43. The van der Waals surface area contributed by atoms with Gasteiger partial charge >= 0.3 is 0 Å². The first-order valence-corrected chi connectivity index (χ1v) is 10.3. The minimum atomic E-state index is 0.0313. The molecule has 1 unspecified atom stereocenters. The zero-order valence-corrected chi connectivity index (χ0v) is 17.4. The number of hydrogen-bond donors (Lipinski definition) is 3. The van der Waals surface area contributed by atoms with Crippen molar-refractivity contribution in [1.29, 1.82) is 0 Å². The van der Waals surface area contributed by atoms with Crippen molar-refractivity contribution < 1.29 is 5.11 Å². The molecular formula is C24H23ClN4O. The Balaban J connectivity index is 1.80. The number of anilines is 1. The third-order valence-electron chi connectivity index (χ3n) is 5.07. The minimum Gasteiger partial charge on any atom is -0.507 e. The fraction of sp³-hybridized carbons (Fsp3) is 0.167. The van der Waals surface area contributed by atoms with Crippen LogP contribution in [0, 0.1) is 0 Å². The van der Waals surface area contributed by atoms with E-state index >= 15 is 0 Å². The normalized spacial score (nSPS) is 12.1. The van der Waals surface area contributed by atoms with Gasteiger partial charge in [-0.1, -0.05) is 48.9 Å². The molecule has 1 atom stereocenters. The highest BCUT2D eigenvalue weighted by atomic mass is 35.5. The Bertz CT molecular complexity index is 1180. The largest absolute Gasteiger partial charge is 0.507 e. The topological polar surface area (TPSA) is 84.1 Å². The lowest BCUT2D eigenvalue weighted by Crippen LogP contribution is -2.28. The van der Waals surface area contributed by atoms with E-state index in [1.54, 1.807) is 6.07 Å². The molecule has 0 aliphatic rings. The van der Waals surface area contributed by atoms with Crippen LogP contribution in [0.4, 0.5) is 5.82 Å². The molecule has 0 saturated heterocycles. The standard InChI is InChI=1S/C24H23ClN4O/c1-2-18(26)14-27-23-19-5-3-4-6-21(19)28-24(29-23)20-13-16(9-12-22(20)30)15-7-10-17(25)11-8-15/h3-13,18,30H,2,14,26H2,1H3,(H,27,28,29). The number of aromatic nitrogens is 2. The summed E-state index contributed by atoms with van der Waals surface area (Å²) in [5.41, 5.74) is 9.38. The van der Waals surface area contributed by atoms with Crippen molar-refractivity contribution in [2.45, 2.75) is 19.4 Å². The van der Waals surface area contributed by atoms with Gasteiger partial charge in [-0.15, -0.1) is 0 Å². The summed E-state index contributed by atoms with van der Waals surface area (Å²) >= 11 is 6.01. The average molecular weight is 419 g/mol. The van der Waals surface area contributed by atoms with E-state index < -0.39 is 0 Å². The Morgan fingerprint density at radius 3 is 2.50 bits per heavy atom. The SMILES string of the molecule is CCC(N)CNc1nc(-c2cc(-c3ccc(Cl)cc3)ccc2O)nc2ccccc12. The maximum Gasteiger partial charge on any atom is 0.165 e. The Labute approximate surface area is 180 Å². The van der Waals surface area contributed by atoms with Crippen LogP contribution in [0.25, 0.3) is 33.4 Å². The van der Waals surface area contributed by atoms with Gasteiger partial charge in [-0.2, -0.15) is 0 Å². The van der Waals surface area contributed by atoms with Crippen molar-refractivity contribution in [2.75, 3.05) is 11.9 Å². The third-order valence-corrected chi connectivity index (χ3v) is 5.33. The molecule has 1 aromatic heterocycles. The van der Waals surface area contributed by atoms with E-state index in [0.717, 1.165) is 28.5 Å². The Morgan fingerprint density at radius 2 is 1.73 bits per heavy atom. The van der Waals surface area contributed by atoms with E-state index in [0.29, 0.717) is 28.8 Å². The fourth-order valence-electron chi connectivity index (χ4n) is 3.24. The van der Waals surface area contributed by atoms with Crippen molar-refractivity contribution >= 4 is 28.3 Å². The second kappa shape index (κ2) is 8.69. The number of phenolic OH excluding ortho intramolecular Hbond substituents is 1. The van der Waals surface area contributed by atoms with E-state index in [-0.39, 0.29) is 11.8 Å². The summed E-state index contributed by atoms with van der Waals surface area (Å²) in [5.74, 6) is 1.28. The van der Waals surface area contributed by atoms with Gasteiger partial charge in [0.25, 0.3) is 0 Å². The number of rotatable bonds is 6. The predicted octanol–water partition coefficient (Wildman–Crippen LogP) is 5.47. The number of para-hydroxylation sites is 1. The van der Waals surface area contributed by atoms with Gasteiger partial charge in [-0.05, 0) is 53.9 Å². The van der Waals surface area contributed by atoms with Crippen molar-refractivity contribution in [2.24, 2.45) is 5.73 Å². The molecule has 0 radical (unpaired) electrons. The summed E-state index contributed by atoms with van der Waals surface area (Å²) in [6.45, 7) is 2.66. The molecule has 1 heterocycles. The molecule has 0 amide bonds. The van der Waals surface area contributed by atoms with E-state index in [1.165, 1.54) is 0 Å². The summed E-state index contributed by atoms with van der Waals surface area (Å²) in [7, 11) is 0. The Kier molecular flexibility index (Phi) is 5.84. The van der Waals surface area contributed by atoms with Gasteiger partial charge < -0.3 is 16.2 Å². The molecule has 5 nitrogen and oxygen atoms in total. The average Bonchev–Trinajstić information content (AvgIpc) is 2.78. The lowest BCUT2D eigenvalue weighted by atomic mass is 10.0. The summed E-state index contributed by atoms with van der Waals surface area (Å²) in [6, 6.07) is 20.8. The molecule has 3 aromatic carbocycles. The number of nitrogens with two attached hydrogens (primary N) is 1. The molecule has 152 valence electrons. The van der Waals surface area contributed by atoms with Gasteiger partial charge in [0.05, 0.1) is 11.1 Å². The quantitative estimate of drug-likeness (QED) is 0.386. The number of phenols is 1. The fourth-order valence-corrected chi connectivity index (χ4v) is 3.37. The molecule has 0 fully saturated rings. The molecule has 0 bridgehead atoms. The highest BCUT2D eigenvalue weighted by molar-refractivity contribution is 6.30. The zero-order chi connectivity index (χ0) is 21.1. The van der Waals surface area contributed by atoms with Gasteiger partial charge in [-0.25, -0.2) is 9.97 Å². The van der Waals surface area contributed by atoms with Crippen LogP contribution in [0.3, 0.4) is 0 Å². The van der Waals surface area contributed by atoms with Gasteiger partial charge in [0, 0.05) is 23.0 Å². The van der Waals surface area contributed by atoms with E-state index in [2.05, 4.69) is 12.2 Å². The van der Waals surface area contributed by atoms with Crippen molar-refractivity contribution in [3.63, 3.8) is 0 Å². The minimum absolute atomic E-state index is 0.0313. The zero-order valence-electron chi connectivity index (χ0n) is 16.6. The molecule has 4 N–H and O–H groups in total. The summed E-state index contributed by atoms with van der Waals surface area (Å²) in [5, 5.41) is 15.5. The molecule has 0 aliphatic carbocycles. The van der Waals surface area contributed by atoms with Crippen LogP contribution in [0.2, 0.25) is 5.02 Å². The number of hydrogen-bond acceptors (Lipinski definition) is 5. The van der Waals surface area contributed by atoms with Crippen LogP contribution in [-0.2, 0) is 0 Å². The van der Waals surface area contributed by atoms with Gasteiger partial charge in [-0.3, -0.25) is 0 Å². The monoisotopic (exact) mass is 418 g/mol. The van der Waals surface area contributed by atoms with Gasteiger partial charge in [0.15, 0.2) is 5.82 Å². The van der Waals surface area contributed by atoms with Gasteiger partial charge in [0.2, 0.25) is 0 Å². The lowest BCUT2D eigenvalue weighted by Gasteiger charge is -2.14. The third kappa shape index (κ3) is 4.22. The van der Waals surface area contributed by atoms with Crippen LogP contribution >= 0.6 is 11.6 Å². The first-order chi connectivity index (χ1) is 14.5. The van der Waals surface area contributed by atoms with E-state index in [9.17, 15) is 5.11 Å². The molecule has 4 rings (SSSR count). The molecule has 4 aromatic rings. The second-order valence-corrected chi connectivity index (χ2v) is 7.64. The molecule has 0 aliphatic heterocycles. The highest BCUT2D eigenvalue weighted by Crippen LogP contribution is 2.34. The molecular weight excluding hydrogens is 396 g/mol. The van der Waals surface area contributed by atoms with Crippen molar-refractivity contribution in [3.8, 4) is 28.3 Å². The van der Waals surface area contributed by atoms with Crippen LogP contribution in [0.15, 0.2) is 66.7 Å². The maximum atomic E-state index is 10.6. The number of nitrogens with one attached hydrogen (secondary N) is 1. The first-order valence-electron chi connectivity index (χ1n) is 9.90. The number of aromatic hydroxyl groups is 1. The Morgan fingerprint density at radius 1 is 1.00 bits per heavy atom. The molecule has 0 saturated carbocycles. The van der Waals surface area contributed by atoms with E-state index in [1.807, 2.05) is 60.7 Å². The number of halogens is 1.